The van der Waals surface area contributed by atoms with Crippen molar-refractivity contribution in [2.75, 3.05) is 0 Å². The maximum atomic E-state index is 6.21. The highest BCUT2D eigenvalue weighted by Crippen LogP contribution is 2.32. The maximum Gasteiger partial charge on any atom is 0.165 e. The summed E-state index contributed by atoms with van der Waals surface area (Å²) >= 11 is 18.1. The molecule has 0 radical (unpaired) electrons. The van der Waals surface area contributed by atoms with E-state index in [1.54, 1.807) is 6.07 Å². The SMILES string of the molecule is CCCn1c(CCl)nnc1-c1cccc(Cl)c1Cl. The zero-order chi connectivity index (χ0) is 13.1. The first-order valence-electron chi connectivity index (χ1n) is 5.61. The zero-order valence-corrected chi connectivity index (χ0v) is 12.1. The van der Waals surface area contributed by atoms with E-state index < -0.39 is 0 Å². The molecule has 0 saturated heterocycles. The summed E-state index contributed by atoms with van der Waals surface area (Å²) in [5.74, 6) is 1.77. The predicted molar refractivity (Wildman–Crippen MR) is 75.3 cm³/mol. The Balaban J connectivity index is 2.56. The summed E-state index contributed by atoms with van der Waals surface area (Å²) in [5.41, 5.74) is 0.779. The Kier molecular flexibility index (Phi) is 4.49. The van der Waals surface area contributed by atoms with Crippen LogP contribution in [0.15, 0.2) is 18.2 Å². The van der Waals surface area contributed by atoms with E-state index in [1.165, 1.54) is 0 Å². The van der Waals surface area contributed by atoms with Gasteiger partial charge in [-0.2, -0.15) is 0 Å². The number of alkyl halides is 1. The Bertz CT molecular complexity index is 551. The minimum Gasteiger partial charge on any atom is -0.310 e. The Morgan fingerprint density at radius 2 is 2.00 bits per heavy atom. The van der Waals surface area contributed by atoms with Gasteiger partial charge in [0.25, 0.3) is 0 Å². The van der Waals surface area contributed by atoms with Crippen LogP contribution in [0.5, 0.6) is 0 Å². The fraction of sp³-hybridized carbons (Fsp3) is 0.333. The topological polar surface area (TPSA) is 30.7 Å². The van der Waals surface area contributed by atoms with Gasteiger partial charge >= 0.3 is 0 Å². The molecule has 0 atom stereocenters. The van der Waals surface area contributed by atoms with Gasteiger partial charge in [-0.25, -0.2) is 0 Å². The molecule has 1 heterocycles. The van der Waals surface area contributed by atoms with E-state index in [9.17, 15) is 0 Å². The lowest BCUT2D eigenvalue weighted by atomic mass is 10.2. The van der Waals surface area contributed by atoms with E-state index in [-0.39, 0.29) is 0 Å². The van der Waals surface area contributed by atoms with Gasteiger partial charge in [0.1, 0.15) is 5.82 Å². The van der Waals surface area contributed by atoms with Gasteiger partial charge in [0.15, 0.2) is 5.82 Å². The molecular weight excluding hydrogens is 293 g/mol. The molecule has 6 heteroatoms. The monoisotopic (exact) mass is 303 g/mol. The normalized spacial score (nSPS) is 10.9. The summed E-state index contributed by atoms with van der Waals surface area (Å²) < 4.78 is 1.98. The number of hydrogen-bond donors (Lipinski definition) is 0. The van der Waals surface area contributed by atoms with Gasteiger partial charge in [0, 0.05) is 12.1 Å². The molecule has 1 aromatic heterocycles. The van der Waals surface area contributed by atoms with E-state index in [0.29, 0.717) is 21.7 Å². The van der Waals surface area contributed by atoms with Crippen LogP contribution in [0, 0.1) is 0 Å². The van der Waals surface area contributed by atoms with Crippen LogP contribution >= 0.6 is 34.8 Å². The molecule has 2 rings (SSSR count). The van der Waals surface area contributed by atoms with E-state index in [1.807, 2.05) is 16.7 Å². The van der Waals surface area contributed by atoms with Gasteiger partial charge in [-0.05, 0) is 18.6 Å². The quantitative estimate of drug-likeness (QED) is 0.784. The first-order valence-corrected chi connectivity index (χ1v) is 6.90. The van der Waals surface area contributed by atoms with Crippen LogP contribution in [0.2, 0.25) is 10.0 Å². The summed E-state index contributed by atoms with van der Waals surface area (Å²) in [4.78, 5) is 0. The van der Waals surface area contributed by atoms with Crippen LogP contribution in [-0.2, 0) is 12.4 Å². The number of benzene rings is 1. The van der Waals surface area contributed by atoms with E-state index in [2.05, 4.69) is 17.1 Å². The molecule has 0 unspecified atom stereocenters. The van der Waals surface area contributed by atoms with Gasteiger partial charge in [-0.15, -0.1) is 21.8 Å². The summed E-state index contributed by atoms with van der Waals surface area (Å²) in [7, 11) is 0. The molecule has 0 aliphatic carbocycles. The molecule has 96 valence electrons. The zero-order valence-electron chi connectivity index (χ0n) is 9.83. The smallest absolute Gasteiger partial charge is 0.165 e. The molecule has 2 aromatic rings. The second-order valence-electron chi connectivity index (χ2n) is 3.83. The van der Waals surface area contributed by atoms with Crippen molar-refractivity contribution in [1.82, 2.24) is 14.8 Å². The molecule has 0 saturated carbocycles. The number of hydrogen-bond acceptors (Lipinski definition) is 2. The van der Waals surface area contributed by atoms with Crippen molar-refractivity contribution >= 4 is 34.8 Å². The number of halogens is 3. The minimum atomic E-state index is 0.325. The van der Waals surface area contributed by atoms with E-state index in [4.69, 9.17) is 34.8 Å². The van der Waals surface area contributed by atoms with Crippen molar-refractivity contribution in [2.24, 2.45) is 0 Å². The molecule has 0 aliphatic rings. The molecular formula is C12H12Cl3N3. The van der Waals surface area contributed by atoms with E-state index >= 15 is 0 Å². The predicted octanol–water partition coefficient (Wildman–Crippen LogP) is 4.40. The maximum absolute atomic E-state index is 6.21. The molecule has 0 N–H and O–H groups in total. The third kappa shape index (κ3) is 2.48. The van der Waals surface area contributed by atoms with Crippen LogP contribution in [0.3, 0.4) is 0 Å². The van der Waals surface area contributed by atoms with Crippen LogP contribution in [0.4, 0.5) is 0 Å². The summed E-state index contributed by atoms with van der Waals surface area (Å²) in [6, 6.07) is 5.47. The van der Waals surface area contributed by atoms with Crippen molar-refractivity contribution in [2.45, 2.75) is 25.8 Å². The Hall–Kier alpha value is -0.770. The van der Waals surface area contributed by atoms with Crippen molar-refractivity contribution in [3.63, 3.8) is 0 Å². The lowest BCUT2D eigenvalue weighted by Gasteiger charge is -2.09. The van der Waals surface area contributed by atoms with Crippen LogP contribution in [0.25, 0.3) is 11.4 Å². The van der Waals surface area contributed by atoms with Gasteiger partial charge in [0.05, 0.1) is 15.9 Å². The van der Waals surface area contributed by atoms with Crippen molar-refractivity contribution < 1.29 is 0 Å². The van der Waals surface area contributed by atoms with Crippen LogP contribution < -0.4 is 0 Å². The Morgan fingerprint density at radius 1 is 1.22 bits per heavy atom. The molecule has 0 bridgehead atoms. The molecule has 0 fully saturated rings. The lowest BCUT2D eigenvalue weighted by Crippen LogP contribution is -2.04. The summed E-state index contributed by atoms with van der Waals surface area (Å²) in [6.45, 7) is 2.88. The second kappa shape index (κ2) is 5.91. The average molecular weight is 305 g/mol. The molecule has 0 spiro atoms. The Morgan fingerprint density at radius 3 is 2.67 bits per heavy atom. The number of rotatable bonds is 4. The third-order valence-electron chi connectivity index (χ3n) is 2.59. The largest absolute Gasteiger partial charge is 0.310 e. The molecule has 0 aliphatic heterocycles. The van der Waals surface area contributed by atoms with Crippen LogP contribution in [0.1, 0.15) is 19.2 Å². The van der Waals surface area contributed by atoms with Gasteiger partial charge < -0.3 is 4.57 Å². The first-order chi connectivity index (χ1) is 8.69. The fourth-order valence-corrected chi connectivity index (χ4v) is 2.35. The molecule has 0 amide bonds. The van der Waals surface area contributed by atoms with Crippen molar-refractivity contribution in [3.8, 4) is 11.4 Å². The minimum absolute atomic E-state index is 0.325. The average Bonchev–Trinajstić information content (AvgIpc) is 2.76. The summed E-state index contributed by atoms with van der Waals surface area (Å²) in [6.07, 6.45) is 0.965. The second-order valence-corrected chi connectivity index (χ2v) is 4.88. The van der Waals surface area contributed by atoms with Gasteiger partial charge in [-0.1, -0.05) is 36.2 Å². The number of aromatic nitrogens is 3. The fourth-order valence-electron chi connectivity index (χ4n) is 1.77. The van der Waals surface area contributed by atoms with E-state index in [0.717, 1.165) is 24.4 Å². The van der Waals surface area contributed by atoms with Crippen molar-refractivity contribution in [3.05, 3.63) is 34.1 Å². The van der Waals surface area contributed by atoms with Crippen LogP contribution in [-0.4, -0.2) is 14.8 Å². The standard InChI is InChI=1S/C12H12Cl3N3/c1-2-6-18-10(7-13)16-17-12(18)8-4-3-5-9(14)11(8)15/h3-5H,2,6-7H2,1H3. The summed E-state index contributed by atoms with van der Waals surface area (Å²) in [5, 5.41) is 9.24. The van der Waals surface area contributed by atoms with Gasteiger partial charge in [0.2, 0.25) is 0 Å². The lowest BCUT2D eigenvalue weighted by molar-refractivity contribution is 0.659. The van der Waals surface area contributed by atoms with Gasteiger partial charge in [-0.3, -0.25) is 0 Å². The number of nitrogens with zero attached hydrogens (tertiary/aromatic N) is 3. The molecule has 3 nitrogen and oxygen atoms in total. The third-order valence-corrected chi connectivity index (χ3v) is 3.64. The Labute approximate surface area is 121 Å². The highest BCUT2D eigenvalue weighted by molar-refractivity contribution is 6.43. The first kappa shape index (κ1) is 13.7. The highest BCUT2D eigenvalue weighted by atomic mass is 35.5. The molecule has 1 aromatic carbocycles. The molecule has 18 heavy (non-hydrogen) atoms. The van der Waals surface area contributed by atoms with Crippen molar-refractivity contribution in [1.29, 1.82) is 0 Å². The highest BCUT2D eigenvalue weighted by Gasteiger charge is 2.16.